The lowest BCUT2D eigenvalue weighted by atomic mass is 9.84. The van der Waals surface area contributed by atoms with Crippen molar-refractivity contribution in [2.24, 2.45) is 0 Å². The molecule has 2 nitrogen and oxygen atoms in total. The van der Waals surface area contributed by atoms with Crippen LogP contribution in [0.3, 0.4) is 0 Å². The van der Waals surface area contributed by atoms with Crippen LogP contribution in [-0.4, -0.2) is 9.55 Å². The summed E-state index contributed by atoms with van der Waals surface area (Å²) in [6, 6.07) is 64.7. The third kappa shape index (κ3) is 5.29. The van der Waals surface area contributed by atoms with Gasteiger partial charge in [-0.25, -0.2) is 4.98 Å². The highest BCUT2D eigenvalue weighted by molar-refractivity contribution is 6.22. The first-order valence-electron chi connectivity index (χ1n) is 19.2. The summed E-state index contributed by atoms with van der Waals surface area (Å²) in [5.41, 5.74) is 11.9. The van der Waals surface area contributed by atoms with Gasteiger partial charge in [0.05, 0.1) is 11.0 Å². The number of rotatable bonds is 5. The quantitative estimate of drug-likeness (QED) is 0.163. The number of allylic oxidation sites excluding steroid dienone is 4. The average Bonchev–Trinajstić information content (AvgIpc) is 3.65. The molecule has 0 saturated carbocycles. The van der Waals surface area contributed by atoms with E-state index in [0.717, 1.165) is 35.4 Å². The van der Waals surface area contributed by atoms with E-state index in [0.29, 0.717) is 0 Å². The number of nitrogens with zero attached hydrogens (tertiary/aromatic N) is 2. The summed E-state index contributed by atoms with van der Waals surface area (Å²) >= 11 is 0. The summed E-state index contributed by atoms with van der Waals surface area (Å²) in [7, 11) is 0. The van der Waals surface area contributed by atoms with Crippen molar-refractivity contribution in [3.05, 3.63) is 200 Å². The zero-order chi connectivity index (χ0) is 36.3. The van der Waals surface area contributed by atoms with Crippen molar-refractivity contribution in [3.63, 3.8) is 0 Å². The van der Waals surface area contributed by atoms with Crippen LogP contribution in [0.15, 0.2) is 194 Å². The van der Waals surface area contributed by atoms with Crippen molar-refractivity contribution in [1.82, 2.24) is 9.55 Å². The van der Waals surface area contributed by atoms with E-state index >= 15 is 0 Å². The maximum atomic E-state index is 5.12. The molecule has 0 spiro atoms. The van der Waals surface area contributed by atoms with Gasteiger partial charge in [-0.1, -0.05) is 152 Å². The Morgan fingerprint density at radius 1 is 0.436 bits per heavy atom. The van der Waals surface area contributed by atoms with Crippen LogP contribution in [0.25, 0.3) is 98.8 Å². The average molecular weight is 701 g/mol. The van der Waals surface area contributed by atoms with Crippen molar-refractivity contribution in [2.75, 3.05) is 0 Å². The first-order valence-corrected chi connectivity index (χ1v) is 19.2. The molecule has 0 amide bonds. The van der Waals surface area contributed by atoms with Gasteiger partial charge in [0.2, 0.25) is 0 Å². The molecule has 0 bridgehead atoms. The maximum absolute atomic E-state index is 5.12. The Morgan fingerprint density at radius 3 is 1.67 bits per heavy atom. The standard InChI is InChI=1S/C53H36N2/c1-2-14-38(15-3-1)53-54-49-20-10-11-21-50(49)55(53)44-29-26-37(27-30-44)41-28-31-47-48(34-41)52(43-25-23-36-13-5-7-17-40(36)33-43)46-19-9-8-18-45(46)51(47)42-24-22-35-12-4-6-16-39(35)32-42/h1-2,4-14,16-34H,3,15H2. The summed E-state index contributed by atoms with van der Waals surface area (Å²) in [5.74, 6) is 1.03. The molecule has 1 aromatic heterocycles. The highest BCUT2D eigenvalue weighted by Crippen LogP contribution is 2.46. The number of para-hydroxylation sites is 2. The third-order valence-electron chi connectivity index (χ3n) is 11.4. The van der Waals surface area contributed by atoms with Crippen molar-refractivity contribution < 1.29 is 0 Å². The van der Waals surface area contributed by atoms with Crippen LogP contribution in [0, 0.1) is 0 Å². The minimum Gasteiger partial charge on any atom is -0.293 e. The molecular formula is C53H36N2. The van der Waals surface area contributed by atoms with Crippen LogP contribution >= 0.6 is 0 Å². The van der Waals surface area contributed by atoms with E-state index in [-0.39, 0.29) is 0 Å². The Hall–Kier alpha value is -7.03. The second-order valence-corrected chi connectivity index (χ2v) is 14.6. The zero-order valence-corrected chi connectivity index (χ0v) is 30.3. The molecule has 2 heteroatoms. The SMILES string of the molecule is C1=CCCC(c2nc3ccccc3n2-c2ccc(-c3ccc4c(-c5ccc6ccccc6c5)c5ccccc5c(-c5ccc6ccccc6c5)c4c3)cc2)=C1. The molecule has 0 radical (unpaired) electrons. The van der Waals surface area contributed by atoms with Gasteiger partial charge in [0.25, 0.3) is 0 Å². The van der Waals surface area contributed by atoms with Crippen LogP contribution in [0.5, 0.6) is 0 Å². The second kappa shape index (κ2) is 12.8. The van der Waals surface area contributed by atoms with Crippen LogP contribution < -0.4 is 0 Å². The summed E-state index contributed by atoms with van der Waals surface area (Å²) < 4.78 is 2.32. The van der Waals surface area contributed by atoms with E-state index in [1.807, 2.05) is 0 Å². The molecule has 0 unspecified atom stereocenters. The lowest BCUT2D eigenvalue weighted by molar-refractivity contribution is 0.982. The molecule has 0 N–H and O–H groups in total. The van der Waals surface area contributed by atoms with Gasteiger partial charge in [0.1, 0.15) is 5.82 Å². The molecule has 10 aromatic rings. The van der Waals surface area contributed by atoms with Gasteiger partial charge in [-0.15, -0.1) is 0 Å². The van der Waals surface area contributed by atoms with E-state index < -0.39 is 0 Å². The molecule has 55 heavy (non-hydrogen) atoms. The van der Waals surface area contributed by atoms with Crippen molar-refractivity contribution in [3.8, 4) is 39.1 Å². The van der Waals surface area contributed by atoms with Crippen LogP contribution in [0.2, 0.25) is 0 Å². The van der Waals surface area contributed by atoms with Crippen LogP contribution in [-0.2, 0) is 0 Å². The van der Waals surface area contributed by atoms with Crippen molar-refractivity contribution in [2.45, 2.75) is 12.8 Å². The van der Waals surface area contributed by atoms with Crippen LogP contribution in [0.1, 0.15) is 18.7 Å². The van der Waals surface area contributed by atoms with Crippen molar-refractivity contribution >= 4 is 59.7 Å². The number of benzene rings is 9. The lowest BCUT2D eigenvalue weighted by Gasteiger charge is -2.19. The van der Waals surface area contributed by atoms with Crippen LogP contribution in [0.4, 0.5) is 0 Å². The summed E-state index contributed by atoms with van der Waals surface area (Å²) in [5, 5.41) is 10.0. The topological polar surface area (TPSA) is 17.8 Å². The molecule has 11 rings (SSSR count). The minimum atomic E-state index is 0.990. The zero-order valence-electron chi connectivity index (χ0n) is 30.3. The smallest absolute Gasteiger partial charge is 0.141 e. The third-order valence-corrected chi connectivity index (χ3v) is 11.4. The first-order chi connectivity index (χ1) is 27.3. The molecule has 9 aromatic carbocycles. The fraction of sp³-hybridized carbons (Fsp3) is 0.0377. The molecule has 0 fully saturated rings. The Labute approximate surface area is 320 Å². The molecular weight excluding hydrogens is 665 g/mol. The molecule has 0 saturated heterocycles. The highest BCUT2D eigenvalue weighted by atomic mass is 15.1. The number of imidazole rings is 1. The maximum Gasteiger partial charge on any atom is 0.141 e. The molecule has 258 valence electrons. The fourth-order valence-electron chi connectivity index (χ4n) is 8.76. The van der Waals surface area contributed by atoms with E-state index in [9.17, 15) is 0 Å². The molecule has 1 aliphatic carbocycles. The van der Waals surface area contributed by atoms with E-state index in [2.05, 4.69) is 199 Å². The number of hydrogen-bond acceptors (Lipinski definition) is 1. The second-order valence-electron chi connectivity index (χ2n) is 14.6. The van der Waals surface area contributed by atoms with Gasteiger partial charge >= 0.3 is 0 Å². The highest BCUT2D eigenvalue weighted by Gasteiger charge is 2.20. The predicted octanol–water partition coefficient (Wildman–Crippen LogP) is 14.4. The minimum absolute atomic E-state index is 0.990. The molecule has 1 heterocycles. The van der Waals surface area contributed by atoms with E-state index in [1.165, 1.54) is 82.0 Å². The van der Waals surface area contributed by atoms with Gasteiger partial charge in [-0.3, -0.25) is 4.57 Å². The first kappa shape index (κ1) is 31.5. The lowest BCUT2D eigenvalue weighted by Crippen LogP contribution is -2.02. The Morgan fingerprint density at radius 2 is 1.00 bits per heavy atom. The Balaban J connectivity index is 1.13. The summed E-state index contributed by atoms with van der Waals surface area (Å²) in [6.07, 6.45) is 8.63. The largest absolute Gasteiger partial charge is 0.293 e. The van der Waals surface area contributed by atoms with E-state index in [1.54, 1.807) is 0 Å². The van der Waals surface area contributed by atoms with Gasteiger partial charge in [0.15, 0.2) is 0 Å². The number of aromatic nitrogens is 2. The van der Waals surface area contributed by atoms with E-state index in [4.69, 9.17) is 4.98 Å². The van der Waals surface area contributed by atoms with Gasteiger partial charge in [-0.2, -0.15) is 0 Å². The molecule has 0 aliphatic heterocycles. The molecule has 0 atom stereocenters. The summed E-state index contributed by atoms with van der Waals surface area (Å²) in [4.78, 5) is 5.12. The Bertz CT molecular complexity index is 3190. The number of hydrogen-bond donors (Lipinski definition) is 0. The number of fused-ring (bicyclic) bond motifs is 5. The van der Waals surface area contributed by atoms with Crippen molar-refractivity contribution in [1.29, 1.82) is 0 Å². The van der Waals surface area contributed by atoms with Gasteiger partial charge in [-0.05, 0) is 137 Å². The summed E-state index contributed by atoms with van der Waals surface area (Å²) in [6.45, 7) is 0. The molecule has 1 aliphatic rings. The fourth-order valence-corrected chi connectivity index (χ4v) is 8.76. The Kier molecular flexibility index (Phi) is 7.34. The monoisotopic (exact) mass is 700 g/mol. The normalized spacial score (nSPS) is 13.0. The van der Waals surface area contributed by atoms with Gasteiger partial charge < -0.3 is 0 Å². The van der Waals surface area contributed by atoms with Gasteiger partial charge in [0, 0.05) is 5.69 Å². The predicted molar refractivity (Wildman–Crippen MR) is 234 cm³/mol.